The summed E-state index contributed by atoms with van der Waals surface area (Å²) in [6, 6.07) is 0.259. The zero-order valence-electron chi connectivity index (χ0n) is 14.0. The highest BCUT2D eigenvalue weighted by Gasteiger charge is 2.36. The summed E-state index contributed by atoms with van der Waals surface area (Å²) >= 11 is 0. The molecule has 1 aromatic rings. The third-order valence-electron chi connectivity index (χ3n) is 4.93. The van der Waals surface area contributed by atoms with Gasteiger partial charge in [-0.15, -0.1) is 0 Å². The first-order valence-electron chi connectivity index (χ1n) is 8.38. The Hall–Kier alpha value is -1.44. The lowest BCUT2D eigenvalue weighted by molar-refractivity contribution is -0.125. The van der Waals surface area contributed by atoms with Crippen LogP contribution in [0.2, 0.25) is 0 Å². The van der Waals surface area contributed by atoms with Crippen LogP contribution in [0.5, 0.6) is 0 Å². The quantitative estimate of drug-likeness (QED) is 0.743. The molecule has 0 aromatic carbocycles. The van der Waals surface area contributed by atoms with E-state index < -0.39 is 0 Å². The minimum Gasteiger partial charge on any atom is -0.383 e. The standard InChI is InChI=1S/C16H27N5O2/c1-20-10-12(7-18-20)14-8-17-9-15(14)16(22)19-13-3-4-21(11-13)5-6-23-2/h7,10,13-15,17H,3-6,8-9,11H2,1-2H3,(H,19,22)/t13?,14-,15+/m1/s1. The molecule has 1 unspecified atom stereocenters. The molecule has 2 aliphatic rings. The second-order valence-electron chi connectivity index (χ2n) is 6.61. The maximum Gasteiger partial charge on any atom is 0.225 e. The zero-order valence-corrected chi connectivity index (χ0v) is 14.0. The van der Waals surface area contributed by atoms with Crippen molar-refractivity contribution in [1.29, 1.82) is 0 Å². The highest BCUT2D eigenvalue weighted by molar-refractivity contribution is 5.80. The van der Waals surface area contributed by atoms with Gasteiger partial charge < -0.3 is 15.4 Å². The molecule has 0 aliphatic carbocycles. The Balaban J connectivity index is 1.53. The number of amides is 1. The first-order chi connectivity index (χ1) is 11.2. The van der Waals surface area contributed by atoms with Crippen LogP contribution in [0.3, 0.4) is 0 Å². The number of hydrogen-bond donors (Lipinski definition) is 2. The fourth-order valence-corrected chi connectivity index (χ4v) is 3.62. The SMILES string of the molecule is COCCN1CCC(NC(=O)[C@H]2CNC[C@@H]2c2cnn(C)c2)C1. The van der Waals surface area contributed by atoms with Gasteiger partial charge in [-0.05, 0) is 12.0 Å². The van der Waals surface area contributed by atoms with Crippen molar-refractivity contribution in [2.75, 3.05) is 46.4 Å². The van der Waals surface area contributed by atoms with Gasteiger partial charge in [0, 0.05) is 65.0 Å². The number of nitrogens with one attached hydrogen (secondary N) is 2. The summed E-state index contributed by atoms with van der Waals surface area (Å²) in [7, 11) is 3.63. The molecule has 7 heteroatoms. The van der Waals surface area contributed by atoms with Crippen molar-refractivity contribution in [2.24, 2.45) is 13.0 Å². The van der Waals surface area contributed by atoms with Crippen molar-refractivity contribution in [3.63, 3.8) is 0 Å². The van der Waals surface area contributed by atoms with Crippen molar-refractivity contribution >= 4 is 5.91 Å². The first-order valence-corrected chi connectivity index (χ1v) is 8.38. The monoisotopic (exact) mass is 321 g/mol. The number of methoxy groups -OCH3 is 1. The van der Waals surface area contributed by atoms with Gasteiger partial charge in [0.2, 0.25) is 5.91 Å². The molecule has 7 nitrogen and oxygen atoms in total. The van der Waals surface area contributed by atoms with Gasteiger partial charge in [-0.2, -0.15) is 5.10 Å². The number of carbonyl (C=O) groups is 1. The van der Waals surface area contributed by atoms with Crippen molar-refractivity contribution < 1.29 is 9.53 Å². The molecule has 2 N–H and O–H groups in total. The van der Waals surface area contributed by atoms with E-state index in [-0.39, 0.29) is 23.8 Å². The smallest absolute Gasteiger partial charge is 0.225 e. The molecule has 1 aromatic heterocycles. The van der Waals surface area contributed by atoms with Gasteiger partial charge in [-0.1, -0.05) is 0 Å². The van der Waals surface area contributed by atoms with Crippen molar-refractivity contribution in [3.05, 3.63) is 18.0 Å². The van der Waals surface area contributed by atoms with E-state index in [1.165, 1.54) is 0 Å². The Kier molecular flexibility index (Phi) is 5.30. The number of rotatable bonds is 6. The molecule has 0 bridgehead atoms. The number of aromatic nitrogens is 2. The minimum absolute atomic E-state index is 0.00720. The van der Waals surface area contributed by atoms with Crippen LogP contribution in [0, 0.1) is 5.92 Å². The second kappa shape index (κ2) is 7.42. The third-order valence-corrected chi connectivity index (χ3v) is 4.93. The van der Waals surface area contributed by atoms with Crippen LogP contribution in [0.15, 0.2) is 12.4 Å². The van der Waals surface area contributed by atoms with Crippen LogP contribution in [-0.4, -0.2) is 73.1 Å². The summed E-state index contributed by atoms with van der Waals surface area (Å²) in [5.41, 5.74) is 1.14. The maximum atomic E-state index is 12.7. The zero-order chi connectivity index (χ0) is 16.2. The largest absolute Gasteiger partial charge is 0.383 e. The predicted octanol–water partition coefficient (Wildman–Crippen LogP) is -0.440. The number of aryl methyl sites for hydroxylation is 1. The predicted molar refractivity (Wildman–Crippen MR) is 87.2 cm³/mol. The molecule has 2 saturated heterocycles. The molecule has 128 valence electrons. The van der Waals surface area contributed by atoms with Gasteiger partial charge in [-0.25, -0.2) is 0 Å². The Morgan fingerprint density at radius 1 is 1.52 bits per heavy atom. The van der Waals surface area contributed by atoms with E-state index >= 15 is 0 Å². The van der Waals surface area contributed by atoms with Crippen LogP contribution in [0.4, 0.5) is 0 Å². The molecule has 0 spiro atoms. The summed E-state index contributed by atoms with van der Waals surface area (Å²) in [6.07, 6.45) is 4.91. The maximum absolute atomic E-state index is 12.7. The molecule has 0 radical (unpaired) electrons. The fraction of sp³-hybridized carbons (Fsp3) is 0.750. The van der Waals surface area contributed by atoms with Crippen LogP contribution in [0.1, 0.15) is 17.9 Å². The third kappa shape index (κ3) is 3.91. The Morgan fingerprint density at radius 2 is 2.39 bits per heavy atom. The summed E-state index contributed by atoms with van der Waals surface area (Å²) in [5.74, 6) is 0.379. The van der Waals surface area contributed by atoms with Crippen molar-refractivity contribution in [2.45, 2.75) is 18.4 Å². The van der Waals surface area contributed by atoms with Gasteiger partial charge in [0.1, 0.15) is 0 Å². The molecule has 3 heterocycles. The number of hydrogen-bond acceptors (Lipinski definition) is 5. The summed E-state index contributed by atoms with van der Waals surface area (Å²) < 4.78 is 6.92. The normalized spacial score (nSPS) is 28.3. The van der Waals surface area contributed by atoms with E-state index in [0.717, 1.165) is 51.3 Å². The van der Waals surface area contributed by atoms with Crippen LogP contribution >= 0.6 is 0 Å². The number of ether oxygens (including phenoxy) is 1. The average molecular weight is 321 g/mol. The molecular weight excluding hydrogens is 294 g/mol. The summed E-state index contributed by atoms with van der Waals surface area (Å²) in [6.45, 7) is 5.22. The molecule has 0 saturated carbocycles. The van der Waals surface area contributed by atoms with Crippen LogP contribution in [0.25, 0.3) is 0 Å². The Morgan fingerprint density at radius 3 is 3.13 bits per heavy atom. The number of likely N-dealkylation sites (tertiary alicyclic amines) is 1. The van der Waals surface area contributed by atoms with Crippen LogP contribution < -0.4 is 10.6 Å². The minimum atomic E-state index is -0.00720. The van der Waals surface area contributed by atoms with E-state index in [1.54, 1.807) is 11.8 Å². The van der Waals surface area contributed by atoms with Gasteiger partial charge in [-0.3, -0.25) is 14.4 Å². The molecular formula is C16H27N5O2. The lowest BCUT2D eigenvalue weighted by atomic mass is 9.90. The fourth-order valence-electron chi connectivity index (χ4n) is 3.62. The van der Waals surface area contributed by atoms with Crippen molar-refractivity contribution in [1.82, 2.24) is 25.3 Å². The van der Waals surface area contributed by atoms with Gasteiger partial charge >= 0.3 is 0 Å². The van der Waals surface area contributed by atoms with Gasteiger partial charge in [0.15, 0.2) is 0 Å². The highest BCUT2D eigenvalue weighted by Crippen LogP contribution is 2.28. The number of nitrogens with zero attached hydrogens (tertiary/aromatic N) is 3. The molecule has 23 heavy (non-hydrogen) atoms. The Labute approximate surface area is 137 Å². The summed E-state index contributed by atoms with van der Waals surface area (Å²) in [5, 5.41) is 10.8. The van der Waals surface area contributed by atoms with E-state index in [1.807, 2.05) is 19.4 Å². The lowest BCUT2D eigenvalue weighted by Gasteiger charge is -2.21. The molecule has 2 fully saturated rings. The summed E-state index contributed by atoms with van der Waals surface area (Å²) in [4.78, 5) is 15.0. The topological polar surface area (TPSA) is 71.4 Å². The molecule has 3 atom stereocenters. The van der Waals surface area contributed by atoms with Crippen LogP contribution in [-0.2, 0) is 16.6 Å². The van der Waals surface area contributed by atoms with E-state index in [2.05, 4.69) is 20.6 Å². The van der Waals surface area contributed by atoms with E-state index in [0.29, 0.717) is 0 Å². The van der Waals surface area contributed by atoms with Crippen molar-refractivity contribution in [3.8, 4) is 0 Å². The second-order valence-corrected chi connectivity index (χ2v) is 6.61. The van der Waals surface area contributed by atoms with Gasteiger partial charge in [0.25, 0.3) is 0 Å². The molecule has 1 amide bonds. The average Bonchev–Trinajstić information content (AvgIpc) is 3.24. The van der Waals surface area contributed by atoms with E-state index in [4.69, 9.17) is 4.74 Å². The molecule has 3 rings (SSSR count). The van der Waals surface area contributed by atoms with Gasteiger partial charge in [0.05, 0.1) is 18.7 Å². The molecule has 2 aliphatic heterocycles. The number of carbonyl (C=O) groups excluding carboxylic acids is 1. The lowest BCUT2D eigenvalue weighted by Crippen LogP contribution is -2.42. The first kappa shape index (κ1) is 16.4. The Bertz CT molecular complexity index is 532. The highest BCUT2D eigenvalue weighted by atomic mass is 16.5. The van der Waals surface area contributed by atoms with E-state index in [9.17, 15) is 4.79 Å².